The quantitative estimate of drug-likeness (QED) is 0.330. The third-order valence-electron chi connectivity index (χ3n) is 10.2. The normalized spacial score (nSPS) is 27.5. The van der Waals surface area contributed by atoms with Gasteiger partial charge in [-0.2, -0.15) is 15.1 Å². The van der Waals surface area contributed by atoms with Crippen molar-refractivity contribution in [3.8, 4) is 17.3 Å². The fraction of sp³-hybridized carbons (Fsp3) is 0.562. The highest BCUT2D eigenvalue weighted by molar-refractivity contribution is 6.33. The molecule has 1 aromatic carbocycles. The van der Waals surface area contributed by atoms with Crippen LogP contribution in [0.4, 0.5) is 10.2 Å². The first-order valence-electron chi connectivity index (χ1n) is 15.7. The van der Waals surface area contributed by atoms with Crippen molar-refractivity contribution in [1.82, 2.24) is 30.0 Å². The van der Waals surface area contributed by atoms with Crippen molar-refractivity contribution >= 4 is 39.2 Å². The maximum atomic E-state index is 16.9. The number of likely N-dealkylation sites (tertiary alicyclic amines) is 1. The van der Waals surface area contributed by atoms with Crippen LogP contribution in [0.3, 0.4) is 0 Å². The number of aliphatic hydroxyl groups is 1. The van der Waals surface area contributed by atoms with Gasteiger partial charge < -0.3 is 24.4 Å². The van der Waals surface area contributed by atoms with Crippen molar-refractivity contribution in [2.24, 2.45) is 5.41 Å². The summed E-state index contributed by atoms with van der Waals surface area (Å²) in [6, 6.07) is 2.25. The second kappa shape index (κ2) is 10.8. The summed E-state index contributed by atoms with van der Waals surface area (Å²) in [5.74, 6) is 0.0860. The molecule has 3 aromatic heterocycles. The topological polar surface area (TPSA) is 113 Å². The Kier molecular flexibility index (Phi) is 6.93. The van der Waals surface area contributed by atoms with Gasteiger partial charge in [0.25, 0.3) is 0 Å². The lowest BCUT2D eigenvalue weighted by atomic mass is 9.56. The summed E-state index contributed by atoms with van der Waals surface area (Å²) < 4.78 is 29.2. The predicted octanol–water partition coefficient (Wildman–Crippen LogP) is 4.91. The number of anilines is 1. The molecule has 0 unspecified atom stereocenters. The Hall–Kier alpha value is -3.12. The molecule has 7 bridgehead atoms. The Balaban J connectivity index is 1.30. The van der Waals surface area contributed by atoms with E-state index in [0.717, 1.165) is 49.7 Å². The van der Waals surface area contributed by atoms with Crippen molar-refractivity contribution in [3.05, 3.63) is 34.9 Å². The van der Waals surface area contributed by atoms with Gasteiger partial charge in [0, 0.05) is 47.9 Å². The van der Waals surface area contributed by atoms with Crippen LogP contribution in [0.25, 0.3) is 33.1 Å². The van der Waals surface area contributed by atoms with Crippen LogP contribution in [0.15, 0.2) is 18.5 Å². The molecule has 0 amide bonds. The van der Waals surface area contributed by atoms with E-state index in [1.165, 1.54) is 0 Å². The largest absolute Gasteiger partial charge is 0.462 e. The lowest BCUT2D eigenvalue weighted by Crippen LogP contribution is -2.60. The maximum Gasteiger partial charge on any atom is 0.319 e. The molecule has 3 fully saturated rings. The van der Waals surface area contributed by atoms with Crippen molar-refractivity contribution in [2.75, 3.05) is 51.4 Å². The first-order chi connectivity index (χ1) is 21.3. The molecule has 5 aliphatic heterocycles. The van der Waals surface area contributed by atoms with E-state index in [1.807, 2.05) is 6.07 Å². The Morgan fingerprint density at radius 1 is 1.18 bits per heavy atom. The summed E-state index contributed by atoms with van der Waals surface area (Å²) in [7, 11) is 2.10. The highest BCUT2D eigenvalue weighted by Gasteiger charge is 2.55. The second-order valence-corrected chi connectivity index (χ2v) is 13.8. The summed E-state index contributed by atoms with van der Waals surface area (Å²) in [5, 5.41) is 20.3. The number of H-pyrrole nitrogens is 1. The van der Waals surface area contributed by atoms with Gasteiger partial charge in [-0.3, -0.25) is 10.1 Å². The first-order valence-corrected chi connectivity index (χ1v) is 16.1. The number of hydrogen-bond donors (Lipinski definition) is 2. The van der Waals surface area contributed by atoms with Gasteiger partial charge in [-0.25, -0.2) is 4.39 Å². The highest BCUT2D eigenvalue weighted by atomic mass is 35.5. The number of pyridine rings is 1. The smallest absolute Gasteiger partial charge is 0.319 e. The average molecular weight is 622 g/mol. The molecule has 0 radical (unpaired) electrons. The third kappa shape index (κ3) is 4.79. The van der Waals surface area contributed by atoms with Crippen molar-refractivity contribution < 1.29 is 19.0 Å². The number of halogens is 2. The van der Waals surface area contributed by atoms with E-state index in [9.17, 15) is 5.11 Å². The van der Waals surface area contributed by atoms with Gasteiger partial charge in [-0.15, -0.1) is 0 Å². The molecule has 1 aliphatic carbocycles. The molecule has 10 rings (SSSR count). The number of fused-ring (bicyclic) bond motifs is 1. The molecule has 1 atom stereocenters. The summed E-state index contributed by atoms with van der Waals surface area (Å²) in [6.07, 6.45) is 10.0. The van der Waals surface area contributed by atoms with Crippen LogP contribution < -0.4 is 9.64 Å². The van der Waals surface area contributed by atoms with E-state index in [2.05, 4.69) is 32.0 Å². The van der Waals surface area contributed by atoms with E-state index in [-0.39, 0.29) is 28.7 Å². The van der Waals surface area contributed by atoms with Crippen molar-refractivity contribution in [1.29, 1.82) is 0 Å². The number of nitrogens with zero attached hydrogens (tertiary/aromatic N) is 6. The fourth-order valence-electron chi connectivity index (χ4n) is 8.22. The van der Waals surface area contributed by atoms with Crippen LogP contribution in [-0.2, 0) is 11.2 Å². The summed E-state index contributed by atoms with van der Waals surface area (Å²) in [6.45, 7) is 3.70. The number of hydrogen-bond acceptors (Lipinski definition) is 9. The molecule has 1 spiro atoms. The number of benzene rings is 1. The zero-order valence-electron chi connectivity index (χ0n) is 24.9. The number of ether oxygens (including phenoxy) is 2. The molecule has 232 valence electrons. The monoisotopic (exact) mass is 621 g/mol. The van der Waals surface area contributed by atoms with Gasteiger partial charge in [0.1, 0.15) is 23.6 Å². The number of aromatic amines is 1. The Morgan fingerprint density at radius 2 is 2.07 bits per heavy atom. The molecule has 12 heteroatoms. The molecular formula is C32H37ClFN7O3. The summed E-state index contributed by atoms with van der Waals surface area (Å²) in [4.78, 5) is 18.8. The number of likely N-dealkylation sites (N-methyl/N-ethyl adjacent to an activating group) is 1. The van der Waals surface area contributed by atoms with E-state index in [1.54, 1.807) is 12.4 Å². The van der Waals surface area contributed by atoms with Gasteiger partial charge in [0.15, 0.2) is 5.82 Å². The summed E-state index contributed by atoms with van der Waals surface area (Å²) >= 11 is 6.82. The minimum atomic E-state index is -0.840. The first kappa shape index (κ1) is 28.4. The van der Waals surface area contributed by atoms with E-state index >= 15 is 4.39 Å². The minimum Gasteiger partial charge on any atom is -0.462 e. The van der Waals surface area contributed by atoms with E-state index < -0.39 is 11.4 Å². The molecule has 6 aliphatic rings. The Labute approximate surface area is 259 Å². The number of rotatable bonds is 3. The van der Waals surface area contributed by atoms with Crippen LogP contribution in [0.2, 0.25) is 5.02 Å². The van der Waals surface area contributed by atoms with Crippen LogP contribution in [-0.4, -0.2) is 93.3 Å². The number of nitrogens with one attached hydrogen (secondary N) is 1. The van der Waals surface area contributed by atoms with Gasteiger partial charge in [0.2, 0.25) is 0 Å². The molecule has 8 heterocycles. The molecular weight excluding hydrogens is 585 g/mol. The predicted molar refractivity (Wildman–Crippen MR) is 166 cm³/mol. The molecule has 4 aromatic rings. The molecule has 10 nitrogen and oxygen atoms in total. The molecule has 44 heavy (non-hydrogen) atoms. The van der Waals surface area contributed by atoms with Crippen LogP contribution in [0.1, 0.15) is 50.5 Å². The van der Waals surface area contributed by atoms with Crippen molar-refractivity contribution in [3.63, 3.8) is 0 Å². The van der Waals surface area contributed by atoms with Crippen LogP contribution >= 0.6 is 11.6 Å². The molecule has 2 N–H and O–H groups in total. The molecule has 1 saturated carbocycles. The number of piperidine rings is 1. The van der Waals surface area contributed by atoms with Gasteiger partial charge in [-0.05, 0) is 82.0 Å². The lowest BCUT2D eigenvalue weighted by molar-refractivity contribution is -0.167. The van der Waals surface area contributed by atoms with Crippen molar-refractivity contribution in [2.45, 2.75) is 63.0 Å². The zero-order valence-corrected chi connectivity index (χ0v) is 25.7. The maximum absolute atomic E-state index is 16.9. The number of aromatic nitrogens is 5. The lowest BCUT2D eigenvalue weighted by Gasteiger charge is -2.57. The Bertz CT molecular complexity index is 1740. The third-order valence-corrected chi connectivity index (χ3v) is 10.5. The second-order valence-electron chi connectivity index (χ2n) is 13.4. The van der Waals surface area contributed by atoms with Crippen LogP contribution in [0.5, 0.6) is 6.01 Å². The zero-order chi connectivity index (χ0) is 30.1. The SMILES string of the molecule is CN1CCC[C@H]1COc1nc2c3cnc(c(F)c3n1)-c1c(c(Cl)cc3[nH]ncc13)CCCOCC1(O)CC3(CCCN2C3)C1. The fourth-order valence-corrected chi connectivity index (χ4v) is 8.51. The van der Waals surface area contributed by atoms with Gasteiger partial charge >= 0.3 is 6.01 Å². The Morgan fingerprint density at radius 3 is 2.91 bits per heavy atom. The minimum absolute atomic E-state index is 0.0439. The van der Waals surface area contributed by atoms with E-state index in [0.29, 0.717) is 79.4 Å². The highest BCUT2D eigenvalue weighted by Crippen LogP contribution is 2.54. The van der Waals surface area contributed by atoms with Gasteiger partial charge in [-0.1, -0.05) is 11.6 Å². The van der Waals surface area contributed by atoms with Gasteiger partial charge in [0.05, 0.1) is 29.3 Å². The van der Waals surface area contributed by atoms with Crippen LogP contribution in [0, 0.1) is 11.2 Å². The van der Waals surface area contributed by atoms with E-state index in [4.69, 9.17) is 31.0 Å². The standard InChI is InChI=1S/C32H37ClFN7O3/c1-40-8-2-5-19(40)14-44-30-37-27-22-12-35-28(26(27)34)25-20(23(33)11-24-21(25)13-36-39-24)6-3-10-43-18-32(42)15-31(16-32)7-4-9-41(17-31)29(22)38-30/h11-13,19,42H,2-10,14-18H2,1H3,(H,36,39)/t19-,31?,32?/m0/s1. The average Bonchev–Trinajstić information content (AvgIpc) is 3.63. The summed E-state index contributed by atoms with van der Waals surface area (Å²) in [5.41, 5.74) is 1.53. The molecule has 2 saturated heterocycles.